The lowest BCUT2D eigenvalue weighted by Crippen LogP contribution is -2.40. The highest BCUT2D eigenvalue weighted by molar-refractivity contribution is 6.72. The van der Waals surface area contributed by atoms with Crippen molar-refractivity contribution in [1.82, 2.24) is 10.3 Å². The van der Waals surface area contributed by atoms with E-state index in [0.29, 0.717) is 5.17 Å². The summed E-state index contributed by atoms with van der Waals surface area (Å²) in [7, 11) is 0. The molecular weight excluding hydrogens is 187 g/mol. The number of nitrogens with one attached hydrogen (secondary N) is 1. The van der Waals surface area contributed by atoms with Crippen LogP contribution >= 0.6 is 23.2 Å². The summed E-state index contributed by atoms with van der Waals surface area (Å²) < 4.78 is 0. The van der Waals surface area contributed by atoms with Crippen molar-refractivity contribution >= 4 is 33.7 Å². The molecule has 0 fully saturated rings. The van der Waals surface area contributed by atoms with Crippen molar-refractivity contribution in [3.8, 4) is 0 Å². The molecule has 0 aliphatic carbocycles. The van der Waals surface area contributed by atoms with Crippen LogP contribution in [0.5, 0.6) is 0 Å². The summed E-state index contributed by atoms with van der Waals surface area (Å²) in [4.78, 5) is 3.78. The first-order valence-electron chi connectivity index (χ1n) is 2.96. The molecule has 0 amide bonds. The van der Waals surface area contributed by atoms with Crippen molar-refractivity contribution < 1.29 is 0 Å². The van der Waals surface area contributed by atoms with Crippen LogP contribution in [0.3, 0.4) is 0 Å². The quantitative estimate of drug-likeness (QED) is 0.576. The molecule has 0 aromatic carbocycles. The summed E-state index contributed by atoms with van der Waals surface area (Å²) in [5.74, 6) is 0. The van der Waals surface area contributed by atoms with Crippen LogP contribution < -0.4 is 5.32 Å². The molecular formula is C5H4Cl2N4. The molecule has 2 aliphatic rings. The highest BCUT2D eigenvalue weighted by Crippen LogP contribution is 2.15. The number of rotatable bonds is 0. The highest BCUT2D eigenvalue weighted by Gasteiger charge is 2.26. The van der Waals surface area contributed by atoms with Gasteiger partial charge in [0.05, 0.1) is 0 Å². The lowest BCUT2D eigenvalue weighted by Gasteiger charge is -2.21. The molecule has 0 aromatic rings. The molecule has 0 bridgehead atoms. The molecule has 0 saturated carbocycles. The van der Waals surface area contributed by atoms with Crippen LogP contribution in [0.4, 0.5) is 0 Å². The van der Waals surface area contributed by atoms with E-state index in [1.54, 1.807) is 17.4 Å². The fourth-order valence-electron chi connectivity index (χ4n) is 0.909. The lowest BCUT2D eigenvalue weighted by atomic mass is 10.5. The predicted molar refractivity (Wildman–Crippen MR) is 44.5 cm³/mol. The van der Waals surface area contributed by atoms with Gasteiger partial charge in [-0.15, -0.1) is 5.10 Å². The third-order valence-corrected chi connectivity index (χ3v) is 1.82. The molecule has 2 aliphatic heterocycles. The zero-order chi connectivity index (χ0) is 7.84. The molecule has 1 unspecified atom stereocenters. The van der Waals surface area contributed by atoms with Gasteiger partial charge in [0.1, 0.15) is 0 Å². The molecule has 58 valence electrons. The Bertz CT molecular complexity index is 270. The maximum absolute atomic E-state index is 5.75. The highest BCUT2D eigenvalue weighted by atomic mass is 35.5. The Morgan fingerprint density at radius 3 is 3.18 bits per heavy atom. The molecule has 2 rings (SSSR count). The first kappa shape index (κ1) is 6.94. The van der Waals surface area contributed by atoms with Crippen LogP contribution in [-0.4, -0.2) is 21.6 Å². The second-order valence-corrected chi connectivity index (χ2v) is 2.79. The number of fused-ring (bicyclic) bond motifs is 1. The Labute approximate surface area is 73.2 Å². The SMILES string of the molecule is ClC1=NN2C=CNC2C(Cl)=N1. The van der Waals surface area contributed by atoms with Gasteiger partial charge in [-0.3, -0.25) is 0 Å². The number of hydrogen-bond acceptors (Lipinski definition) is 4. The van der Waals surface area contributed by atoms with E-state index in [1.165, 1.54) is 0 Å². The molecule has 0 saturated heterocycles. The number of aliphatic imine (C=N–C) groups is 1. The Morgan fingerprint density at radius 2 is 2.36 bits per heavy atom. The third-order valence-electron chi connectivity index (χ3n) is 1.37. The molecule has 0 aromatic heterocycles. The van der Waals surface area contributed by atoms with Gasteiger partial charge in [-0.2, -0.15) is 0 Å². The minimum Gasteiger partial charge on any atom is -0.363 e. The topological polar surface area (TPSA) is 40.0 Å². The average Bonchev–Trinajstić information content (AvgIpc) is 2.34. The number of hydrazone groups is 1. The van der Waals surface area contributed by atoms with E-state index in [9.17, 15) is 0 Å². The van der Waals surface area contributed by atoms with E-state index in [-0.39, 0.29) is 11.5 Å². The Balaban J connectivity index is 2.33. The van der Waals surface area contributed by atoms with Gasteiger partial charge >= 0.3 is 0 Å². The van der Waals surface area contributed by atoms with E-state index >= 15 is 0 Å². The fraction of sp³-hybridized carbons (Fsp3) is 0.200. The molecule has 4 nitrogen and oxygen atoms in total. The molecule has 0 spiro atoms. The Hall–Kier alpha value is -0.740. The zero-order valence-electron chi connectivity index (χ0n) is 5.33. The van der Waals surface area contributed by atoms with Crippen LogP contribution in [0.1, 0.15) is 0 Å². The van der Waals surface area contributed by atoms with E-state index < -0.39 is 0 Å². The van der Waals surface area contributed by atoms with Crippen LogP contribution in [0.15, 0.2) is 22.5 Å². The van der Waals surface area contributed by atoms with E-state index in [1.807, 2.05) is 0 Å². The van der Waals surface area contributed by atoms with E-state index in [0.717, 1.165) is 0 Å². The van der Waals surface area contributed by atoms with Crippen LogP contribution in [0, 0.1) is 0 Å². The number of nitrogens with zero attached hydrogens (tertiary/aromatic N) is 3. The predicted octanol–water partition coefficient (Wildman–Crippen LogP) is 0.850. The molecule has 11 heavy (non-hydrogen) atoms. The van der Waals surface area contributed by atoms with Gasteiger partial charge in [0.2, 0.25) is 5.29 Å². The largest absolute Gasteiger partial charge is 0.363 e. The van der Waals surface area contributed by atoms with Gasteiger partial charge < -0.3 is 5.32 Å². The van der Waals surface area contributed by atoms with Gasteiger partial charge in [-0.25, -0.2) is 10.0 Å². The Kier molecular flexibility index (Phi) is 1.51. The normalized spacial score (nSPS) is 27.5. The maximum atomic E-state index is 5.75. The molecule has 1 atom stereocenters. The van der Waals surface area contributed by atoms with Crippen LogP contribution in [0.25, 0.3) is 0 Å². The van der Waals surface area contributed by atoms with Crippen molar-refractivity contribution in [2.75, 3.05) is 0 Å². The second-order valence-electron chi connectivity index (χ2n) is 2.07. The minimum absolute atomic E-state index is 0.152. The molecule has 1 N–H and O–H groups in total. The lowest BCUT2D eigenvalue weighted by molar-refractivity contribution is 0.360. The fourth-order valence-corrected chi connectivity index (χ4v) is 1.37. The van der Waals surface area contributed by atoms with Gasteiger partial charge in [0.25, 0.3) is 0 Å². The zero-order valence-corrected chi connectivity index (χ0v) is 6.84. The first-order valence-corrected chi connectivity index (χ1v) is 3.72. The monoisotopic (exact) mass is 190 g/mol. The average molecular weight is 191 g/mol. The summed E-state index contributed by atoms with van der Waals surface area (Å²) >= 11 is 11.3. The van der Waals surface area contributed by atoms with Gasteiger partial charge in [-0.1, -0.05) is 11.6 Å². The summed E-state index contributed by atoms with van der Waals surface area (Å²) in [6, 6.07) is 0. The smallest absolute Gasteiger partial charge is 0.242 e. The number of amidine groups is 1. The molecule has 6 heteroatoms. The second kappa shape index (κ2) is 2.39. The summed E-state index contributed by atoms with van der Waals surface area (Å²) in [5, 5.41) is 8.99. The van der Waals surface area contributed by atoms with Crippen molar-refractivity contribution in [2.45, 2.75) is 6.17 Å². The van der Waals surface area contributed by atoms with Crippen molar-refractivity contribution in [1.29, 1.82) is 0 Å². The van der Waals surface area contributed by atoms with E-state index in [4.69, 9.17) is 23.2 Å². The van der Waals surface area contributed by atoms with E-state index in [2.05, 4.69) is 15.4 Å². The van der Waals surface area contributed by atoms with Crippen molar-refractivity contribution in [3.05, 3.63) is 12.4 Å². The van der Waals surface area contributed by atoms with Gasteiger partial charge in [0.15, 0.2) is 11.3 Å². The standard InChI is InChI=1S/C5H4Cl2N4/c6-3-4-8-1-2-11(4)10-5(7)9-3/h1-2,4,8H. The summed E-state index contributed by atoms with van der Waals surface area (Å²) in [5.41, 5.74) is 0. The Morgan fingerprint density at radius 1 is 1.55 bits per heavy atom. The summed E-state index contributed by atoms with van der Waals surface area (Å²) in [6.45, 7) is 0. The van der Waals surface area contributed by atoms with Crippen molar-refractivity contribution in [3.63, 3.8) is 0 Å². The number of hydrogen-bond donors (Lipinski definition) is 1. The van der Waals surface area contributed by atoms with Crippen LogP contribution in [-0.2, 0) is 0 Å². The van der Waals surface area contributed by atoms with Crippen LogP contribution in [0.2, 0.25) is 0 Å². The molecule has 0 radical (unpaired) electrons. The van der Waals surface area contributed by atoms with Gasteiger partial charge in [0, 0.05) is 12.4 Å². The third kappa shape index (κ3) is 1.08. The van der Waals surface area contributed by atoms with Gasteiger partial charge in [-0.05, 0) is 11.6 Å². The minimum atomic E-state index is -0.167. The molecule has 2 heterocycles. The maximum Gasteiger partial charge on any atom is 0.242 e. The first-order chi connectivity index (χ1) is 5.27. The van der Waals surface area contributed by atoms with Crippen molar-refractivity contribution in [2.24, 2.45) is 10.1 Å². The summed E-state index contributed by atoms with van der Waals surface area (Å²) in [6.07, 6.45) is 3.31. The number of halogens is 2.